The number of carbonyl (C=O) groups excluding carboxylic acids is 9. The molecule has 320 valence electrons. The molecule has 3 rings (SSSR count). The van der Waals surface area contributed by atoms with Crippen LogP contribution >= 0.6 is 11.8 Å². The van der Waals surface area contributed by atoms with Crippen molar-refractivity contribution in [3.05, 3.63) is 0 Å². The zero-order chi connectivity index (χ0) is 41.9. The normalized spacial score (nSPS) is 20.9. The minimum absolute atomic E-state index is 0.0726. The molecule has 2 saturated heterocycles. The van der Waals surface area contributed by atoms with Gasteiger partial charge in [0.05, 0.1) is 25.2 Å². The lowest BCUT2D eigenvalue weighted by molar-refractivity contribution is -0.138. The number of urea groups is 1. The standard InChI is InChI=1S/C36H60N10O10S/c1-20(41-34(53)21(2)42-35(54)23(16-28(48)46-56)22-10-4-3-5-11-22)33(52)40-17-29(49)39-18-30(50)43-24(32(37)51)12-8-9-15-38-27(47)14-7-6-13-26-31-25(19-57-26)44-36(55)45-31/h20-26,31,56H,3-19H2,1-2H3,(H2,37,51)(H,38,47)(H,39,49)(H,40,52)(H,41,53)(H,42,54)(H,43,50)(H,46,48)(H2,44,45,55)/t20-,21-,23?,24-,25-,26-,31-/m0/s1. The van der Waals surface area contributed by atoms with Crippen LogP contribution in [0.15, 0.2) is 0 Å². The molecular weight excluding hydrogens is 765 g/mol. The summed E-state index contributed by atoms with van der Waals surface area (Å²) < 4.78 is 0. The molecule has 0 radical (unpaired) electrons. The Hall–Kier alpha value is -4.66. The van der Waals surface area contributed by atoms with Crippen molar-refractivity contribution in [1.82, 2.24) is 48.0 Å². The molecule has 0 aromatic heterocycles. The summed E-state index contributed by atoms with van der Waals surface area (Å²) in [6, 6.07) is -2.94. The average molecular weight is 825 g/mol. The second kappa shape index (κ2) is 24.2. The maximum atomic E-state index is 13.0. The van der Waals surface area contributed by atoms with Crippen molar-refractivity contribution in [2.24, 2.45) is 17.6 Å². The number of primary amides is 1. The highest BCUT2D eigenvalue weighted by Gasteiger charge is 2.42. The molecule has 2 heterocycles. The van der Waals surface area contributed by atoms with E-state index < -0.39 is 78.5 Å². The number of unbranched alkanes of at least 4 members (excludes halogenated alkanes) is 2. The monoisotopic (exact) mass is 824 g/mol. The summed E-state index contributed by atoms with van der Waals surface area (Å²) in [5, 5.41) is 30.2. The number of nitrogens with two attached hydrogens (primary N) is 1. The molecule has 0 spiro atoms. The molecule has 20 nitrogen and oxygen atoms in total. The van der Waals surface area contributed by atoms with Crippen molar-refractivity contribution in [3.8, 4) is 0 Å². The molecule has 0 aromatic carbocycles. The lowest BCUT2D eigenvalue weighted by Crippen LogP contribution is -2.54. The Labute approximate surface area is 336 Å². The lowest BCUT2D eigenvalue weighted by atomic mass is 9.78. The van der Waals surface area contributed by atoms with Gasteiger partial charge in [0.15, 0.2) is 0 Å². The summed E-state index contributed by atoms with van der Waals surface area (Å²) in [4.78, 5) is 111. The molecule has 0 bridgehead atoms. The van der Waals surface area contributed by atoms with Crippen LogP contribution in [0.3, 0.4) is 0 Å². The van der Waals surface area contributed by atoms with Crippen LogP contribution in [0.5, 0.6) is 0 Å². The SMILES string of the molecule is C[C@H](NC(=O)C(CC(=O)NO)C1CCCCC1)C(=O)N[C@@H](C)C(=O)NCC(=O)NCC(=O)N[C@@H](CCCCNC(=O)CCCC[C@@H]1SC[C@@H]2NC(=O)N[C@@H]21)C(N)=O. The number of rotatable bonds is 24. The first kappa shape index (κ1) is 46.7. The van der Waals surface area contributed by atoms with Crippen LogP contribution in [0.1, 0.15) is 97.3 Å². The highest BCUT2D eigenvalue weighted by molar-refractivity contribution is 8.00. The maximum Gasteiger partial charge on any atom is 0.315 e. The van der Waals surface area contributed by atoms with Gasteiger partial charge in [-0.15, -0.1) is 0 Å². The molecule has 57 heavy (non-hydrogen) atoms. The minimum Gasteiger partial charge on any atom is -0.368 e. The van der Waals surface area contributed by atoms with Gasteiger partial charge in [-0.1, -0.05) is 25.7 Å². The number of nitrogens with one attached hydrogen (secondary N) is 9. The molecule has 1 saturated carbocycles. The van der Waals surface area contributed by atoms with Gasteiger partial charge in [0.25, 0.3) is 0 Å². The van der Waals surface area contributed by atoms with Crippen molar-refractivity contribution < 1.29 is 48.4 Å². The molecule has 1 unspecified atom stereocenters. The van der Waals surface area contributed by atoms with Gasteiger partial charge in [-0.3, -0.25) is 43.6 Å². The van der Waals surface area contributed by atoms with Gasteiger partial charge < -0.3 is 48.3 Å². The molecule has 2 aliphatic heterocycles. The molecule has 3 aliphatic rings. The fraction of sp³-hybridized carbons (Fsp3) is 0.750. The number of hydroxylamine groups is 1. The van der Waals surface area contributed by atoms with Gasteiger partial charge in [0, 0.05) is 36.3 Å². The fourth-order valence-electron chi connectivity index (χ4n) is 7.20. The van der Waals surface area contributed by atoms with Crippen LogP contribution in [0, 0.1) is 11.8 Å². The number of amides is 10. The molecule has 7 atom stereocenters. The molecule has 0 aromatic rings. The average Bonchev–Trinajstić information content (AvgIpc) is 3.74. The van der Waals surface area contributed by atoms with Gasteiger partial charge in [-0.25, -0.2) is 10.3 Å². The van der Waals surface area contributed by atoms with Crippen LogP contribution < -0.4 is 53.7 Å². The van der Waals surface area contributed by atoms with Gasteiger partial charge in [0.1, 0.15) is 18.1 Å². The first-order valence-electron chi connectivity index (χ1n) is 19.8. The maximum absolute atomic E-state index is 13.0. The summed E-state index contributed by atoms with van der Waals surface area (Å²) >= 11 is 1.84. The van der Waals surface area contributed by atoms with Crippen LogP contribution in [-0.4, -0.2) is 119 Å². The third-order valence-electron chi connectivity index (χ3n) is 10.5. The van der Waals surface area contributed by atoms with E-state index in [0.717, 1.165) is 57.1 Å². The Balaban J connectivity index is 1.25. The first-order chi connectivity index (χ1) is 27.2. The Morgan fingerprint density at radius 2 is 1.46 bits per heavy atom. The largest absolute Gasteiger partial charge is 0.368 e. The topological polar surface area (TPSA) is 308 Å². The molecule has 21 heteroatoms. The smallest absolute Gasteiger partial charge is 0.315 e. The predicted molar refractivity (Wildman–Crippen MR) is 208 cm³/mol. The quantitative estimate of drug-likeness (QED) is 0.0226. The number of carbonyl (C=O) groups is 9. The summed E-state index contributed by atoms with van der Waals surface area (Å²) in [6.07, 6.45) is 8.30. The second-order valence-electron chi connectivity index (χ2n) is 14.9. The highest BCUT2D eigenvalue weighted by Crippen LogP contribution is 2.33. The van der Waals surface area contributed by atoms with Crippen molar-refractivity contribution in [3.63, 3.8) is 0 Å². The van der Waals surface area contributed by atoms with Crippen LogP contribution in [-0.2, 0) is 38.4 Å². The summed E-state index contributed by atoms with van der Waals surface area (Å²) in [5.74, 6) is -4.72. The van der Waals surface area contributed by atoms with E-state index in [2.05, 4.69) is 42.5 Å². The van der Waals surface area contributed by atoms with Crippen molar-refractivity contribution >= 4 is 65.1 Å². The van der Waals surface area contributed by atoms with E-state index in [4.69, 9.17) is 10.9 Å². The Morgan fingerprint density at radius 3 is 2.16 bits per heavy atom. The van der Waals surface area contributed by atoms with Crippen molar-refractivity contribution in [1.29, 1.82) is 0 Å². The minimum atomic E-state index is -1.09. The zero-order valence-electron chi connectivity index (χ0n) is 32.7. The molecule has 3 fully saturated rings. The van der Waals surface area contributed by atoms with E-state index in [1.165, 1.54) is 13.8 Å². The Bertz CT molecular complexity index is 1450. The number of fused-ring (bicyclic) bond motifs is 1. The van der Waals surface area contributed by atoms with Crippen LogP contribution in [0.4, 0.5) is 4.79 Å². The predicted octanol–water partition coefficient (Wildman–Crippen LogP) is -1.70. The summed E-state index contributed by atoms with van der Waals surface area (Å²) in [6.45, 7) is 2.19. The number of hydrogen-bond acceptors (Lipinski definition) is 11. The fourth-order valence-corrected chi connectivity index (χ4v) is 8.75. The van der Waals surface area contributed by atoms with Crippen LogP contribution in [0.2, 0.25) is 0 Å². The van der Waals surface area contributed by atoms with Crippen molar-refractivity contribution in [2.45, 2.75) is 133 Å². The van der Waals surface area contributed by atoms with E-state index in [9.17, 15) is 43.2 Å². The first-order valence-corrected chi connectivity index (χ1v) is 20.8. The molecule has 1 aliphatic carbocycles. The molecule has 12 N–H and O–H groups in total. The third-order valence-corrected chi connectivity index (χ3v) is 12.0. The zero-order valence-corrected chi connectivity index (χ0v) is 33.6. The van der Waals surface area contributed by atoms with Gasteiger partial charge in [-0.05, 0) is 64.7 Å². The van der Waals surface area contributed by atoms with Gasteiger partial charge in [-0.2, -0.15) is 11.8 Å². The third kappa shape index (κ3) is 16.4. The summed E-state index contributed by atoms with van der Waals surface area (Å²) in [7, 11) is 0. The van der Waals surface area contributed by atoms with E-state index in [-0.39, 0.29) is 42.8 Å². The van der Waals surface area contributed by atoms with Gasteiger partial charge in [0.2, 0.25) is 47.3 Å². The van der Waals surface area contributed by atoms with E-state index in [1.54, 1.807) is 5.48 Å². The second-order valence-corrected chi connectivity index (χ2v) is 16.2. The lowest BCUT2D eigenvalue weighted by Gasteiger charge is -2.30. The highest BCUT2D eigenvalue weighted by atomic mass is 32.2. The number of hydrogen-bond donors (Lipinski definition) is 11. The number of thioether (sulfide) groups is 1. The van der Waals surface area contributed by atoms with E-state index >= 15 is 0 Å². The molecular formula is C36H60N10O10S. The van der Waals surface area contributed by atoms with E-state index in [1.807, 2.05) is 11.8 Å². The molecule has 10 amide bonds. The van der Waals surface area contributed by atoms with Crippen molar-refractivity contribution in [2.75, 3.05) is 25.4 Å². The van der Waals surface area contributed by atoms with E-state index in [0.29, 0.717) is 31.1 Å². The Morgan fingerprint density at radius 1 is 0.772 bits per heavy atom. The van der Waals surface area contributed by atoms with Crippen LogP contribution in [0.25, 0.3) is 0 Å². The summed E-state index contributed by atoms with van der Waals surface area (Å²) in [5.41, 5.74) is 7.00. The van der Waals surface area contributed by atoms with Gasteiger partial charge >= 0.3 is 6.03 Å². The Kier molecular flexibility index (Phi) is 19.8.